The Balaban J connectivity index is 1.28. The van der Waals surface area contributed by atoms with Gasteiger partial charge in [-0.15, -0.1) is 0 Å². The van der Waals surface area contributed by atoms with Gasteiger partial charge in [0, 0.05) is 23.8 Å². The van der Waals surface area contributed by atoms with Gasteiger partial charge in [-0.1, -0.05) is 0 Å². The Hall–Kier alpha value is -5.84. The highest BCUT2D eigenvalue weighted by atomic mass is 16.7. The highest BCUT2D eigenvalue weighted by Gasteiger charge is 2.46. The van der Waals surface area contributed by atoms with Crippen LogP contribution >= 0.6 is 0 Å². The quantitative estimate of drug-likeness (QED) is 0.0539. The van der Waals surface area contributed by atoms with E-state index >= 15 is 0 Å². The summed E-state index contributed by atoms with van der Waals surface area (Å²) >= 11 is 0. The minimum Gasteiger partial charge on any atom is -0.507 e. The second-order valence-corrected chi connectivity index (χ2v) is 13.3. The van der Waals surface area contributed by atoms with Gasteiger partial charge in [-0.25, -0.2) is 4.79 Å². The fourth-order valence-corrected chi connectivity index (χ4v) is 6.19. The van der Waals surface area contributed by atoms with Crippen molar-refractivity contribution in [2.45, 2.75) is 68.3 Å². The summed E-state index contributed by atoms with van der Waals surface area (Å²) in [4.78, 5) is 26.7. The molecule has 2 aliphatic rings. The maximum Gasteiger partial charge on any atom is 0.330 e. The lowest BCUT2D eigenvalue weighted by Crippen LogP contribution is -2.60. The van der Waals surface area contributed by atoms with Gasteiger partial charge < -0.3 is 88.6 Å². The van der Waals surface area contributed by atoms with Crippen LogP contribution < -0.4 is 24.4 Å². The number of aromatic hydroxyl groups is 4. The van der Waals surface area contributed by atoms with Crippen molar-refractivity contribution in [2.75, 3.05) is 20.8 Å². The first kappa shape index (κ1) is 41.8. The molecule has 58 heavy (non-hydrogen) atoms. The van der Waals surface area contributed by atoms with Crippen molar-refractivity contribution in [1.82, 2.24) is 0 Å². The first-order chi connectivity index (χ1) is 27.5. The zero-order valence-corrected chi connectivity index (χ0v) is 30.7. The van der Waals surface area contributed by atoms with Crippen LogP contribution in [0.3, 0.4) is 0 Å². The number of hydrogen-bond acceptors (Lipinski definition) is 20. The molecule has 10 N–H and O–H groups in total. The third-order valence-electron chi connectivity index (χ3n) is 9.41. The summed E-state index contributed by atoms with van der Waals surface area (Å²) in [6.07, 6.45) is -14.4. The Bertz CT molecular complexity index is 2210. The number of aliphatic hydroxyl groups is 6. The van der Waals surface area contributed by atoms with Crippen LogP contribution in [0, 0.1) is 0 Å². The van der Waals surface area contributed by atoms with Crippen LogP contribution in [0.15, 0.2) is 57.8 Å². The normalized spacial score (nSPS) is 27.3. The lowest BCUT2D eigenvalue weighted by Gasteiger charge is -2.39. The first-order valence-electron chi connectivity index (χ1n) is 17.4. The number of carbonyl (C=O) groups excluding carboxylic acids is 1. The van der Waals surface area contributed by atoms with Crippen molar-refractivity contribution in [1.29, 1.82) is 0 Å². The molecule has 312 valence electrons. The lowest BCUT2D eigenvalue weighted by molar-refractivity contribution is -0.278. The summed E-state index contributed by atoms with van der Waals surface area (Å²) in [5.74, 6) is -4.51. The SMILES string of the molecule is COc1cc(/C=C/C(=O)OCC2O[C@@H](Oc3c(-c4ccc(O)c(O)c4)oc4cc(O[C@@H]5OC(C)[C@H](O)C(O)[C@@H]5O)cc(O)c4c3=O)[C@@H](O)C(O)[C@@H]2O)cc(OC)c1O. The summed E-state index contributed by atoms with van der Waals surface area (Å²) in [5, 5.41) is 104. The Morgan fingerprint density at radius 2 is 1.38 bits per heavy atom. The van der Waals surface area contributed by atoms with Crippen LogP contribution in [0.4, 0.5) is 0 Å². The number of hydrogen-bond donors (Lipinski definition) is 10. The largest absolute Gasteiger partial charge is 0.507 e. The lowest BCUT2D eigenvalue weighted by atomic mass is 9.99. The van der Waals surface area contributed by atoms with Gasteiger partial charge in [0.25, 0.3) is 0 Å². The summed E-state index contributed by atoms with van der Waals surface area (Å²) in [6, 6.07) is 8.14. The number of phenolic OH excluding ortho intramolecular Hbond substituents is 4. The molecule has 2 fully saturated rings. The van der Waals surface area contributed by atoms with E-state index in [2.05, 4.69) is 0 Å². The molecule has 0 aliphatic carbocycles. The summed E-state index contributed by atoms with van der Waals surface area (Å²) in [7, 11) is 2.64. The highest BCUT2D eigenvalue weighted by Crippen LogP contribution is 2.41. The summed E-state index contributed by atoms with van der Waals surface area (Å²) < 4.78 is 43.9. The molecule has 3 aromatic carbocycles. The van der Waals surface area contributed by atoms with Crippen LogP contribution in [-0.4, -0.2) is 139 Å². The fourth-order valence-electron chi connectivity index (χ4n) is 6.19. The molecule has 2 aliphatic heterocycles. The number of rotatable bonds is 11. The van der Waals surface area contributed by atoms with Crippen molar-refractivity contribution < 1.29 is 93.4 Å². The highest BCUT2D eigenvalue weighted by molar-refractivity contribution is 5.89. The molecule has 1 aromatic heterocycles. The van der Waals surface area contributed by atoms with Gasteiger partial charge in [-0.05, 0) is 48.9 Å². The number of carbonyl (C=O) groups is 1. The minimum atomic E-state index is -2.04. The van der Waals surface area contributed by atoms with E-state index in [4.69, 9.17) is 37.6 Å². The average molecular weight is 817 g/mol. The van der Waals surface area contributed by atoms with E-state index in [1.165, 1.54) is 45.4 Å². The number of benzene rings is 3. The predicted octanol–water partition coefficient (Wildman–Crippen LogP) is -0.0511. The third kappa shape index (κ3) is 8.26. The molecule has 2 saturated heterocycles. The molecule has 0 amide bonds. The van der Waals surface area contributed by atoms with E-state index in [-0.39, 0.29) is 34.1 Å². The zero-order valence-electron chi connectivity index (χ0n) is 30.7. The Labute approximate surface area is 327 Å². The molecule has 0 bridgehead atoms. The van der Waals surface area contributed by atoms with Gasteiger partial charge in [0.15, 0.2) is 28.8 Å². The summed E-state index contributed by atoms with van der Waals surface area (Å²) in [5.41, 5.74) is -1.19. The molecule has 20 nitrogen and oxygen atoms in total. The number of esters is 1. The van der Waals surface area contributed by atoms with E-state index in [1.807, 2.05) is 0 Å². The van der Waals surface area contributed by atoms with Crippen LogP contribution in [0.25, 0.3) is 28.4 Å². The van der Waals surface area contributed by atoms with Gasteiger partial charge in [0.05, 0.1) is 20.3 Å². The number of aliphatic hydroxyl groups excluding tert-OH is 6. The average Bonchev–Trinajstić information content (AvgIpc) is 3.19. The maximum absolute atomic E-state index is 14.1. The van der Waals surface area contributed by atoms with E-state index in [0.717, 1.165) is 30.3 Å². The second kappa shape index (κ2) is 16.9. The number of fused-ring (bicyclic) bond motifs is 1. The number of phenols is 4. The van der Waals surface area contributed by atoms with E-state index in [9.17, 15) is 60.7 Å². The minimum absolute atomic E-state index is 0.0633. The molecular weight excluding hydrogens is 776 g/mol. The Morgan fingerprint density at radius 1 is 0.741 bits per heavy atom. The van der Waals surface area contributed by atoms with E-state index < -0.39 is 114 Å². The molecule has 6 rings (SSSR count). The van der Waals surface area contributed by atoms with Crippen LogP contribution in [0.1, 0.15) is 12.5 Å². The Morgan fingerprint density at radius 3 is 2.02 bits per heavy atom. The van der Waals surface area contributed by atoms with Crippen molar-refractivity contribution in [3.63, 3.8) is 0 Å². The Kier molecular flexibility index (Phi) is 12.2. The van der Waals surface area contributed by atoms with Crippen molar-refractivity contribution in [2.24, 2.45) is 0 Å². The van der Waals surface area contributed by atoms with Gasteiger partial charge in [-0.3, -0.25) is 4.79 Å². The van der Waals surface area contributed by atoms with Gasteiger partial charge in [0.2, 0.25) is 29.5 Å². The smallest absolute Gasteiger partial charge is 0.330 e. The molecule has 20 heteroatoms. The monoisotopic (exact) mass is 816 g/mol. The fraction of sp³-hybridized carbons (Fsp3) is 0.368. The van der Waals surface area contributed by atoms with Crippen LogP contribution in [0.5, 0.6) is 46.0 Å². The van der Waals surface area contributed by atoms with Crippen LogP contribution in [0.2, 0.25) is 0 Å². The van der Waals surface area contributed by atoms with Crippen molar-refractivity contribution in [3.05, 3.63) is 64.3 Å². The van der Waals surface area contributed by atoms with Gasteiger partial charge >= 0.3 is 5.97 Å². The zero-order chi connectivity index (χ0) is 42.2. The number of methoxy groups -OCH3 is 2. The molecule has 0 saturated carbocycles. The first-order valence-corrected chi connectivity index (χ1v) is 17.4. The van der Waals surface area contributed by atoms with Gasteiger partial charge in [-0.2, -0.15) is 0 Å². The molecular formula is C38H40O20. The second-order valence-electron chi connectivity index (χ2n) is 13.3. The standard InChI is InChI=1S/C38H40O20/c1-14-27(43)31(47)33(49)37(54-14)55-17-11-20(41)26-21(12-17)56-35(16-5-6-18(39)19(40)10-16)36(30(26)46)58-38-34(50)32(48)29(45)24(57-38)13-53-25(42)7-4-15-8-22(51-2)28(44)23(9-15)52-3/h4-12,14,24,27,29,31-34,37-41,43-45,47-50H,13H2,1-3H3/b7-4+/t14?,24?,27-,29+,31?,32?,33-,34-,37-,38-/m0/s1. The van der Waals surface area contributed by atoms with E-state index in [1.54, 1.807) is 0 Å². The molecule has 0 spiro atoms. The van der Waals surface area contributed by atoms with Crippen molar-refractivity contribution in [3.8, 4) is 57.3 Å². The predicted molar refractivity (Wildman–Crippen MR) is 194 cm³/mol. The molecule has 10 atom stereocenters. The van der Waals surface area contributed by atoms with Crippen molar-refractivity contribution >= 4 is 23.0 Å². The molecule has 4 unspecified atom stereocenters. The number of ether oxygens (including phenoxy) is 7. The topological polar surface area (TPSA) is 314 Å². The maximum atomic E-state index is 14.1. The van der Waals surface area contributed by atoms with Gasteiger partial charge in [0.1, 0.15) is 71.8 Å². The summed E-state index contributed by atoms with van der Waals surface area (Å²) in [6.45, 7) is 0.711. The van der Waals surface area contributed by atoms with Crippen LogP contribution in [-0.2, 0) is 19.0 Å². The van der Waals surface area contributed by atoms with E-state index in [0.29, 0.717) is 5.56 Å². The molecule has 4 aromatic rings. The third-order valence-corrected chi connectivity index (χ3v) is 9.41. The molecule has 0 radical (unpaired) electrons. The molecule has 3 heterocycles.